The van der Waals surface area contributed by atoms with Crippen molar-refractivity contribution in [3.63, 3.8) is 0 Å². The molecule has 92 valence electrons. The molecule has 0 N–H and O–H groups in total. The molecule has 1 heterocycles. The van der Waals surface area contributed by atoms with E-state index in [1.54, 1.807) is 6.92 Å². The molecule has 0 amide bonds. The fourth-order valence-electron chi connectivity index (χ4n) is 1.49. The number of carbonyl (C=O) groups is 2. The summed E-state index contributed by atoms with van der Waals surface area (Å²) in [7, 11) is 1.27. The van der Waals surface area contributed by atoms with E-state index in [0.29, 0.717) is 5.69 Å². The molecule has 0 bridgehead atoms. The van der Waals surface area contributed by atoms with Gasteiger partial charge in [0.05, 0.1) is 12.8 Å². The minimum absolute atomic E-state index is 0.00273. The van der Waals surface area contributed by atoms with Gasteiger partial charge in [-0.15, -0.1) is 0 Å². The van der Waals surface area contributed by atoms with E-state index in [1.165, 1.54) is 13.2 Å². The molecular weight excluding hydrogens is 226 g/mol. The third-order valence-corrected chi connectivity index (χ3v) is 2.55. The SMILES string of the molecule is COC(=O)[C@@H](OC(=O)c1cc(C)no1)C1CC1. The van der Waals surface area contributed by atoms with Crippen LogP contribution >= 0.6 is 0 Å². The summed E-state index contributed by atoms with van der Waals surface area (Å²) in [6.45, 7) is 1.69. The van der Waals surface area contributed by atoms with Crippen molar-refractivity contribution in [3.05, 3.63) is 17.5 Å². The van der Waals surface area contributed by atoms with E-state index in [0.717, 1.165) is 12.8 Å². The molecule has 1 aromatic rings. The molecule has 1 saturated carbocycles. The molecule has 0 unspecified atom stereocenters. The third-order valence-electron chi connectivity index (χ3n) is 2.55. The molecule has 0 spiro atoms. The first kappa shape index (κ1) is 11.6. The largest absolute Gasteiger partial charge is 0.466 e. The second-order valence-electron chi connectivity index (χ2n) is 4.02. The number of aromatic nitrogens is 1. The quantitative estimate of drug-likeness (QED) is 0.732. The van der Waals surface area contributed by atoms with Crippen LogP contribution in [0, 0.1) is 12.8 Å². The number of methoxy groups -OCH3 is 1. The average Bonchev–Trinajstić information content (AvgIpc) is 3.06. The molecule has 0 aliphatic heterocycles. The van der Waals surface area contributed by atoms with E-state index in [9.17, 15) is 9.59 Å². The number of aryl methyl sites for hydroxylation is 1. The third kappa shape index (κ3) is 2.64. The predicted octanol–water partition coefficient (Wildman–Crippen LogP) is 1.09. The number of hydrogen-bond acceptors (Lipinski definition) is 6. The molecule has 0 aromatic carbocycles. The lowest BCUT2D eigenvalue weighted by molar-refractivity contribution is -0.152. The van der Waals surface area contributed by atoms with Crippen LogP contribution in [0.4, 0.5) is 0 Å². The van der Waals surface area contributed by atoms with Gasteiger partial charge in [-0.2, -0.15) is 0 Å². The van der Waals surface area contributed by atoms with Gasteiger partial charge >= 0.3 is 11.9 Å². The highest BCUT2D eigenvalue weighted by Crippen LogP contribution is 2.35. The zero-order chi connectivity index (χ0) is 12.4. The molecule has 6 heteroatoms. The molecule has 1 aromatic heterocycles. The Morgan fingerprint density at radius 2 is 2.24 bits per heavy atom. The lowest BCUT2D eigenvalue weighted by Gasteiger charge is -2.13. The van der Waals surface area contributed by atoms with Crippen LogP contribution in [0.15, 0.2) is 10.6 Å². The zero-order valence-electron chi connectivity index (χ0n) is 9.63. The minimum Gasteiger partial charge on any atom is -0.466 e. The number of carbonyl (C=O) groups excluding carboxylic acids is 2. The van der Waals surface area contributed by atoms with Crippen LogP contribution in [-0.4, -0.2) is 30.3 Å². The Balaban J connectivity index is 2.03. The summed E-state index contributed by atoms with van der Waals surface area (Å²) in [6.07, 6.45) is 0.892. The van der Waals surface area contributed by atoms with Crippen molar-refractivity contribution in [3.8, 4) is 0 Å². The van der Waals surface area contributed by atoms with Gasteiger partial charge in [0.15, 0.2) is 0 Å². The Bertz CT molecular complexity index is 435. The normalized spacial score (nSPS) is 16.4. The number of ether oxygens (including phenoxy) is 2. The maximum absolute atomic E-state index is 11.7. The van der Waals surface area contributed by atoms with Gasteiger partial charge in [0.2, 0.25) is 11.9 Å². The highest BCUT2D eigenvalue weighted by Gasteiger charge is 2.40. The summed E-state index contributed by atoms with van der Waals surface area (Å²) in [5.41, 5.74) is 0.581. The van der Waals surface area contributed by atoms with E-state index in [-0.39, 0.29) is 11.7 Å². The van der Waals surface area contributed by atoms with Crippen LogP contribution in [0.1, 0.15) is 29.1 Å². The number of hydrogen-bond donors (Lipinski definition) is 0. The average molecular weight is 239 g/mol. The van der Waals surface area contributed by atoms with E-state index in [1.807, 2.05) is 0 Å². The minimum atomic E-state index is -0.835. The predicted molar refractivity (Wildman–Crippen MR) is 55.2 cm³/mol. The summed E-state index contributed by atoms with van der Waals surface area (Å²) in [5, 5.41) is 3.58. The number of esters is 2. The van der Waals surface area contributed by atoms with Crippen LogP contribution in [0.25, 0.3) is 0 Å². The highest BCUT2D eigenvalue weighted by atomic mass is 16.6. The molecule has 1 aliphatic carbocycles. The van der Waals surface area contributed by atoms with Crippen molar-refractivity contribution in [2.75, 3.05) is 7.11 Å². The smallest absolute Gasteiger partial charge is 0.378 e. The Morgan fingerprint density at radius 3 is 2.71 bits per heavy atom. The van der Waals surface area contributed by atoms with Crippen LogP contribution in [0.5, 0.6) is 0 Å². The van der Waals surface area contributed by atoms with Crippen molar-refractivity contribution in [1.29, 1.82) is 0 Å². The second-order valence-corrected chi connectivity index (χ2v) is 4.02. The van der Waals surface area contributed by atoms with Gasteiger partial charge in [-0.25, -0.2) is 9.59 Å². The van der Waals surface area contributed by atoms with Crippen LogP contribution in [-0.2, 0) is 14.3 Å². The fraction of sp³-hybridized carbons (Fsp3) is 0.545. The molecule has 1 atom stereocenters. The van der Waals surface area contributed by atoms with Crippen LogP contribution in [0.3, 0.4) is 0 Å². The zero-order valence-corrected chi connectivity index (χ0v) is 9.63. The van der Waals surface area contributed by atoms with Gasteiger partial charge in [0.25, 0.3) is 0 Å². The van der Waals surface area contributed by atoms with Gasteiger partial charge in [-0.05, 0) is 19.8 Å². The molecule has 6 nitrogen and oxygen atoms in total. The van der Waals surface area contributed by atoms with Gasteiger partial charge in [-0.3, -0.25) is 0 Å². The molecule has 1 aliphatic rings. The lowest BCUT2D eigenvalue weighted by Crippen LogP contribution is -2.30. The van der Waals surface area contributed by atoms with Crippen molar-refractivity contribution < 1.29 is 23.6 Å². The molecular formula is C11H13NO5. The van der Waals surface area contributed by atoms with Crippen LogP contribution < -0.4 is 0 Å². The maximum Gasteiger partial charge on any atom is 0.378 e. The summed E-state index contributed by atoms with van der Waals surface area (Å²) in [5.74, 6) is -1.16. The Kier molecular flexibility index (Phi) is 3.12. The first-order valence-electron chi connectivity index (χ1n) is 5.34. The van der Waals surface area contributed by atoms with Crippen molar-refractivity contribution in [1.82, 2.24) is 5.16 Å². The first-order chi connectivity index (χ1) is 8.11. The fourth-order valence-corrected chi connectivity index (χ4v) is 1.49. The van der Waals surface area contributed by atoms with Gasteiger partial charge in [0.1, 0.15) is 0 Å². The monoisotopic (exact) mass is 239 g/mol. The summed E-state index contributed by atoms with van der Waals surface area (Å²) in [4.78, 5) is 23.1. The van der Waals surface area contributed by atoms with Crippen molar-refractivity contribution in [2.45, 2.75) is 25.9 Å². The number of nitrogens with zero attached hydrogens (tertiary/aromatic N) is 1. The summed E-state index contributed by atoms with van der Waals surface area (Å²) < 4.78 is 14.4. The molecule has 0 saturated heterocycles. The molecule has 2 rings (SSSR count). The molecule has 17 heavy (non-hydrogen) atoms. The molecule has 0 radical (unpaired) electrons. The summed E-state index contributed by atoms with van der Waals surface area (Å²) in [6, 6.07) is 1.46. The van der Waals surface area contributed by atoms with E-state index >= 15 is 0 Å². The van der Waals surface area contributed by atoms with Crippen molar-refractivity contribution in [2.24, 2.45) is 5.92 Å². The summed E-state index contributed by atoms with van der Waals surface area (Å²) >= 11 is 0. The van der Waals surface area contributed by atoms with Gasteiger partial charge < -0.3 is 14.0 Å². The van der Waals surface area contributed by atoms with Crippen molar-refractivity contribution >= 4 is 11.9 Å². The standard InChI is InChI=1S/C11H13NO5/c1-6-5-8(17-12-6)10(13)16-9(7-3-4-7)11(14)15-2/h5,7,9H,3-4H2,1-2H3/t9-/m0/s1. The number of rotatable bonds is 4. The lowest BCUT2D eigenvalue weighted by atomic mass is 10.2. The highest BCUT2D eigenvalue weighted by molar-refractivity contribution is 5.89. The van der Waals surface area contributed by atoms with E-state index in [4.69, 9.17) is 9.26 Å². The Morgan fingerprint density at radius 1 is 1.53 bits per heavy atom. The first-order valence-corrected chi connectivity index (χ1v) is 5.34. The Labute approximate surface area is 97.9 Å². The van der Waals surface area contributed by atoms with E-state index < -0.39 is 18.0 Å². The van der Waals surface area contributed by atoms with Gasteiger partial charge in [-0.1, -0.05) is 5.16 Å². The van der Waals surface area contributed by atoms with Gasteiger partial charge in [0, 0.05) is 12.0 Å². The maximum atomic E-state index is 11.7. The molecule has 1 fully saturated rings. The Hall–Kier alpha value is -1.85. The van der Waals surface area contributed by atoms with Crippen LogP contribution in [0.2, 0.25) is 0 Å². The van der Waals surface area contributed by atoms with E-state index in [2.05, 4.69) is 9.89 Å². The topological polar surface area (TPSA) is 78.6 Å². The second kappa shape index (κ2) is 4.57.